The van der Waals surface area contributed by atoms with E-state index in [0.717, 1.165) is 5.69 Å². The first-order valence-corrected chi connectivity index (χ1v) is 11.1. The quantitative estimate of drug-likeness (QED) is 0.387. The van der Waals surface area contributed by atoms with Gasteiger partial charge in [0, 0.05) is 48.9 Å². The van der Waals surface area contributed by atoms with Crippen LogP contribution in [0.3, 0.4) is 0 Å². The number of ether oxygens (including phenoxy) is 2. The van der Waals surface area contributed by atoms with Gasteiger partial charge in [0.05, 0.1) is 24.6 Å². The molecule has 0 aromatic carbocycles. The second kappa shape index (κ2) is 11.0. The molecule has 2 amide bonds. The number of aromatic nitrogens is 4. The van der Waals surface area contributed by atoms with E-state index in [1.165, 1.54) is 13.1 Å². The van der Waals surface area contributed by atoms with Gasteiger partial charge in [-0.15, -0.1) is 0 Å². The van der Waals surface area contributed by atoms with Gasteiger partial charge >= 0.3 is 0 Å². The fraction of sp³-hybridized carbons (Fsp3) is 0.154. The monoisotopic (exact) mass is 484 g/mol. The molecule has 0 aliphatic carbocycles. The number of nitrogens with one attached hydrogen (secondary N) is 2. The summed E-state index contributed by atoms with van der Waals surface area (Å²) in [6.07, 6.45) is 4.81. The SMILES string of the molecule is CNC(=O)c1cc(Oc2ccc(C)nc2)cc(CNC(=O)c2cc(Oc3cccnc3)cc(C)n2)n1. The Kier molecular flexibility index (Phi) is 7.45. The van der Waals surface area contributed by atoms with Crippen LogP contribution in [0, 0.1) is 13.8 Å². The molecule has 4 rings (SSSR count). The second-order valence-corrected chi connectivity index (χ2v) is 7.80. The molecule has 0 fully saturated rings. The fourth-order valence-corrected chi connectivity index (χ4v) is 3.22. The van der Waals surface area contributed by atoms with Gasteiger partial charge in [-0.25, -0.2) is 9.97 Å². The molecule has 0 radical (unpaired) electrons. The first-order valence-electron chi connectivity index (χ1n) is 11.1. The summed E-state index contributed by atoms with van der Waals surface area (Å²) in [5.74, 6) is 1.09. The average Bonchev–Trinajstić information content (AvgIpc) is 2.88. The molecule has 10 nitrogen and oxygen atoms in total. The van der Waals surface area contributed by atoms with Crippen LogP contribution in [-0.4, -0.2) is 38.8 Å². The predicted octanol–water partition coefficient (Wildman–Crippen LogP) is 3.76. The van der Waals surface area contributed by atoms with Crippen molar-refractivity contribution in [3.63, 3.8) is 0 Å². The zero-order chi connectivity index (χ0) is 25.5. The van der Waals surface area contributed by atoms with Gasteiger partial charge in [0.25, 0.3) is 11.8 Å². The van der Waals surface area contributed by atoms with Crippen molar-refractivity contribution in [1.29, 1.82) is 0 Å². The summed E-state index contributed by atoms with van der Waals surface area (Å²) in [6, 6.07) is 13.5. The molecule has 2 N–H and O–H groups in total. The van der Waals surface area contributed by atoms with Crippen LogP contribution >= 0.6 is 0 Å². The third-order valence-electron chi connectivity index (χ3n) is 4.89. The first kappa shape index (κ1) is 24.3. The van der Waals surface area contributed by atoms with Crippen LogP contribution in [0.5, 0.6) is 23.0 Å². The van der Waals surface area contributed by atoms with Gasteiger partial charge in [-0.3, -0.25) is 19.6 Å². The Hall–Kier alpha value is -4.86. The number of pyridine rings is 4. The zero-order valence-corrected chi connectivity index (χ0v) is 20.0. The number of amides is 2. The summed E-state index contributed by atoms with van der Waals surface area (Å²) in [7, 11) is 1.51. The van der Waals surface area contributed by atoms with Crippen molar-refractivity contribution in [3.8, 4) is 23.0 Å². The smallest absolute Gasteiger partial charge is 0.270 e. The van der Waals surface area contributed by atoms with Crippen molar-refractivity contribution in [2.45, 2.75) is 20.4 Å². The third-order valence-corrected chi connectivity index (χ3v) is 4.89. The van der Waals surface area contributed by atoms with Gasteiger partial charge in [-0.2, -0.15) is 0 Å². The topological polar surface area (TPSA) is 128 Å². The van der Waals surface area contributed by atoms with Crippen LogP contribution in [0.1, 0.15) is 38.1 Å². The molecule has 4 aromatic heterocycles. The number of carbonyl (C=O) groups is 2. The van der Waals surface area contributed by atoms with Crippen molar-refractivity contribution < 1.29 is 19.1 Å². The van der Waals surface area contributed by atoms with Gasteiger partial charge in [0.1, 0.15) is 34.4 Å². The molecular weight excluding hydrogens is 460 g/mol. The summed E-state index contributed by atoms with van der Waals surface area (Å²) in [4.78, 5) is 42.0. The summed E-state index contributed by atoms with van der Waals surface area (Å²) >= 11 is 0. The maximum Gasteiger partial charge on any atom is 0.270 e. The van der Waals surface area contributed by atoms with Gasteiger partial charge in [0.15, 0.2) is 0 Å². The number of aryl methyl sites for hydroxylation is 2. The number of nitrogens with zero attached hydrogens (tertiary/aromatic N) is 4. The normalized spacial score (nSPS) is 10.4. The third kappa shape index (κ3) is 6.38. The Morgan fingerprint density at radius 2 is 1.53 bits per heavy atom. The lowest BCUT2D eigenvalue weighted by Gasteiger charge is -2.11. The van der Waals surface area contributed by atoms with E-state index in [0.29, 0.717) is 34.4 Å². The van der Waals surface area contributed by atoms with Crippen molar-refractivity contribution in [3.05, 3.63) is 95.6 Å². The minimum atomic E-state index is -0.424. The summed E-state index contributed by atoms with van der Waals surface area (Å²) in [6.45, 7) is 3.68. The van der Waals surface area contributed by atoms with E-state index in [9.17, 15) is 9.59 Å². The standard InChI is InChI=1S/C26H24N6O4/c1-16-6-7-20(15-29-16)36-22-10-18(32-23(12-22)25(33)27-3)13-30-26(34)24-11-21(9-17(2)31-24)35-19-5-4-8-28-14-19/h4-12,14-15H,13H2,1-3H3,(H,27,33)(H,30,34). The molecule has 10 heteroatoms. The predicted molar refractivity (Wildman–Crippen MR) is 131 cm³/mol. The van der Waals surface area contributed by atoms with E-state index in [2.05, 4.69) is 30.6 Å². The van der Waals surface area contributed by atoms with Crippen molar-refractivity contribution in [2.75, 3.05) is 7.05 Å². The van der Waals surface area contributed by atoms with Gasteiger partial charge in [0.2, 0.25) is 0 Å². The van der Waals surface area contributed by atoms with Crippen molar-refractivity contribution in [2.24, 2.45) is 0 Å². The zero-order valence-electron chi connectivity index (χ0n) is 20.0. The minimum absolute atomic E-state index is 0.0423. The second-order valence-electron chi connectivity index (χ2n) is 7.80. The molecule has 0 aliphatic rings. The lowest BCUT2D eigenvalue weighted by Crippen LogP contribution is -2.25. The van der Waals surface area contributed by atoms with E-state index < -0.39 is 5.91 Å². The highest BCUT2D eigenvalue weighted by atomic mass is 16.5. The van der Waals surface area contributed by atoms with Crippen molar-refractivity contribution in [1.82, 2.24) is 30.6 Å². The van der Waals surface area contributed by atoms with Crippen LogP contribution in [0.4, 0.5) is 0 Å². The summed E-state index contributed by atoms with van der Waals surface area (Å²) in [5.41, 5.74) is 2.23. The first-order chi connectivity index (χ1) is 17.4. The summed E-state index contributed by atoms with van der Waals surface area (Å²) < 4.78 is 11.6. The van der Waals surface area contributed by atoms with Crippen LogP contribution in [0.25, 0.3) is 0 Å². The molecule has 0 saturated carbocycles. The Labute approximate surface area is 207 Å². The van der Waals surface area contributed by atoms with E-state index in [1.807, 2.05) is 13.0 Å². The summed E-state index contributed by atoms with van der Waals surface area (Å²) in [5, 5.41) is 5.33. The van der Waals surface area contributed by atoms with Gasteiger partial charge < -0.3 is 20.1 Å². The molecule has 4 heterocycles. The van der Waals surface area contributed by atoms with Crippen LogP contribution < -0.4 is 20.1 Å². The molecule has 0 saturated heterocycles. The van der Waals surface area contributed by atoms with E-state index >= 15 is 0 Å². The van der Waals surface area contributed by atoms with E-state index in [4.69, 9.17) is 9.47 Å². The molecule has 182 valence electrons. The Morgan fingerprint density at radius 3 is 2.19 bits per heavy atom. The number of hydrogen-bond acceptors (Lipinski definition) is 8. The largest absolute Gasteiger partial charge is 0.456 e. The molecular formula is C26H24N6O4. The maximum atomic E-state index is 12.9. The number of rotatable bonds is 8. The van der Waals surface area contributed by atoms with Crippen LogP contribution in [-0.2, 0) is 6.54 Å². The highest BCUT2D eigenvalue weighted by Crippen LogP contribution is 2.24. The molecule has 0 spiro atoms. The maximum absolute atomic E-state index is 12.9. The van der Waals surface area contributed by atoms with E-state index in [1.54, 1.807) is 61.9 Å². The number of hydrogen-bond donors (Lipinski definition) is 2. The van der Waals surface area contributed by atoms with Crippen LogP contribution in [0.15, 0.2) is 67.1 Å². The van der Waals surface area contributed by atoms with Gasteiger partial charge in [-0.1, -0.05) is 0 Å². The number of carbonyl (C=O) groups excluding carboxylic acids is 2. The minimum Gasteiger partial charge on any atom is -0.456 e. The van der Waals surface area contributed by atoms with Crippen molar-refractivity contribution >= 4 is 11.8 Å². The fourth-order valence-electron chi connectivity index (χ4n) is 3.22. The van der Waals surface area contributed by atoms with Crippen LogP contribution in [0.2, 0.25) is 0 Å². The Morgan fingerprint density at radius 1 is 0.806 bits per heavy atom. The Balaban J connectivity index is 1.51. The van der Waals surface area contributed by atoms with Gasteiger partial charge in [-0.05, 0) is 38.1 Å². The molecule has 0 unspecified atom stereocenters. The highest BCUT2D eigenvalue weighted by molar-refractivity contribution is 5.93. The lowest BCUT2D eigenvalue weighted by atomic mass is 10.2. The molecule has 4 aromatic rings. The average molecular weight is 485 g/mol. The highest BCUT2D eigenvalue weighted by Gasteiger charge is 2.14. The Bertz CT molecular complexity index is 1380. The molecule has 36 heavy (non-hydrogen) atoms. The lowest BCUT2D eigenvalue weighted by molar-refractivity contribution is 0.0943. The molecule has 0 aliphatic heterocycles. The molecule has 0 atom stereocenters. The molecule has 0 bridgehead atoms. The van der Waals surface area contributed by atoms with E-state index in [-0.39, 0.29) is 23.8 Å².